The van der Waals surface area contributed by atoms with E-state index in [-0.39, 0.29) is 0 Å². The van der Waals surface area contributed by atoms with Crippen molar-refractivity contribution in [3.8, 4) is 5.88 Å². The van der Waals surface area contributed by atoms with Crippen LogP contribution in [0.15, 0.2) is 3.92 Å². The molecule has 0 N–H and O–H groups in total. The molecule has 0 saturated carbocycles. The quantitative estimate of drug-likeness (QED) is 0.678. The summed E-state index contributed by atoms with van der Waals surface area (Å²) >= 11 is 4.41. The molecule has 1 rings (SSSR count). The first-order valence-corrected chi connectivity index (χ1v) is 3.96. The lowest BCUT2D eigenvalue weighted by atomic mass is 10.8. The highest BCUT2D eigenvalue weighted by Gasteiger charge is 2.08. The molecule has 1 aromatic rings. The number of hydrogen-bond acceptors (Lipinski definition) is 3. The summed E-state index contributed by atoms with van der Waals surface area (Å²) < 4.78 is 5.49. The standard InChI is InChI=1S/C5H3BrN2OS/c1-7-4-3(9-2)8-5(6)10-4/h2H3. The van der Waals surface area contributed by atoms with Crippen LogP contribution in [0.2, 0.25) is 0 Å². The van der Waals surface area contributed by atoms with Crippen LogP contribution < -0.4 is 4.74 Å². The minimum Gasteiger partial charge on any atom is -0.489 e. The molecule has 0 bridgehead atoms. The molecule has 0 saturated heterocycles. The Balaban J connectivity index is 3.12. The maximum absolute atomic E-state index is 6.70. The lowest BCUT2D eigenvalue weighted by Gasteiger charge is -1.89. The molecule has 0 radical (unpaired) electrons. The molecule has 0 amide bonds. The Kier molecular flexibility index (Phi) is 2.25. The van der Waals surface area contributed by atoms with Crippen LogP contribution >= 0.6 is 27.3 Å². The first-order chi connectivity index (χ1) is 4.77. The van der Waals surface area contributed by atoms with Gasteiger partial charge in [0.05, 0.1) is 13.7 Å². The molecule has 0 unspecified atom stereocenters. The van der Waals surface area contributed by atoms with Gasteiger partial charge < -0.3 is 4.74 Å². The second kappa shape index (κ2) is 2.99. The Bertz CT molecular complexity index is 278. The largest absolute Gasteiger partial charge is 0.489 e. The number of methoxy groups -OCH3 is 1. The molecular formula is C5H3BrN2OS. The highest BCUT2D eigenvalue weighted by molar-refractivity contribution is 9.11. The van der Waals surface area contributed by atoms with Crippen molar-refractivity contribution in [1.29, 1.82) is 0 Å². The van der Waals surface area contributed by atoms with Crippen LogP contribution in [0, 0.1) is 6.57 Å². The van der Waals surface area contributed by atoms with Gasteiger partial charge in [-0.25, -0.2) is 9.83 Å². The summed E-state index contributed by atoms with van der Waals surface area (Å²) in [6, 6.07) is 0. The SMILES string of the molecule is [C-]#[N+]c1sc(Br)nc1OC. The molecule has 1 heterocycles. The number of rotatable bonds is 1. The highest BCUT2D eigenvalue weighted by atomic mass is 79.9. The van der Waals surface area contributed by atoms with Crippen molar-refractivity contribution in [1.82, 2.24) is 4.98 Å². The third-order valence-corrected chi connectivity index (χ3v) is 2.23. The van der Waals surface area contributed by atoms with Crippen molar-refractivity contribution in [3.63, 3.8) is 0 Å². The van der Waals surface area contributed by atoms with Gasteiger partial charge in [-0.2, -0.15) is 0 Å². The number of aromatic nitrogens is 1. The monoisotopic (exact) mass is 218 g/mol. The summed E-state index contributed by atoms with van der Waals surface area (Å²) in [7, 11) is 1.50. The molecule has 0 aliphatic carbocycles. The summed E-state index contributed by atoms with van der Waals surface area (Å²) in [6.07, 6.45) is 0. The Hall–Kier alpha value is -0.600. The normalized spacial score (nSPS) is 8.90. The Morgan fingerprint density at radius 3 is 2.90 bits per heavy atom. The molecule has 3 nitrogen and oxygen atoms in total. The fraction of sp³-hybridized carbons (Fsp3) is 0.200. The van der Waals surface area contributed by atoms with Gasteiger partial charge in [0.25, 0.3) is 0 Å². The van der Waals surface area contributed by atoms with Crippen molar-refractivity contribution in [2.75, 3.05) is 7.11 Å². The maximum atomic E-state index is 6.70. The summed E-state index contributed by atoms with van der Waals surface area (Å²) in [5.74, 6) is 0.395. The summed E-state index contributed by atoms with van der Waals surface area (Å²) in [5.41, 5.74) is 0. The zero-order valence-corrected chi connectivity index (χ0v) is 7.49. The van der Waals surface area contributed by atoms with Gasteiger partial charge in [-0.05, 0) is 15.9 Å². The lowest BCUT2D eigenvalue weighted by Crippen LogP contribution is -1.80. The Morgan fingerprint density at radius 1 is 1.80 bits per heavy atom. The Morgan fingerprint density at radius 2 is 2.50 bits per heavy atom. The van der Waals surface area contributed by atoms with Gasteiger partial charge in [-0.15, -0.1) is 11.3 Å². The minimum atomic E-state index is 0.395. The number of hydrogen-bond donors (Lipinski definition) is 0. The first-order valence-electron chi connectivity index (χ1n) is 2.35. The van der Waals surface area contributed by atoms with E-state index in [9.17, 15) is 0 Å². The van der Waals surface area contributed by atoms with Gasteiger partial charge in [0.2, 0.25) is 5.88 Å². The van der Waals surface area contributed by atoms with Crippen molar-refractivity contribution < 1.29 is 4.74 Å². The molecule has 0 spiro atoms. The molecule has 0 aliphatic heterocycles. The van der Waals surface area contributed by atoms with Crippen LogP contribution in [0.3, 0.4) is 0 Å². The van der Waals surface area contributed by atoms with E-state index in [4.69, 9.17) is 11.3 Å². The fourth-order valence-corrected chi connectivity index (χ4v) is 1.65. The fourth-order valence-electron chi connectivity index (χ4n) is 0.478. The smallest absolute Gasteiger partial charge is 0.303 e. The predicted octanol–water partition coefficient (Wildman–Crippen LogP) is 2.46. The summed E-state index contributed by atoms with van der Waals surface area (Å²) in [6.45, 7) is 6.70. The van der Waals surface area contributed by atoms with E-state index in [0.29, 0.717) is 14.8 Å². The van der Waals surface area contributed by atoms with Crippen LogP contribution in [0.4, 0.5) is 5.00 Å². The van der Waals surface area contributed by atoms with Gasteiger partial charge in [0.15, 0.2) is 3.92 Å². The van der Waals surface area contributed by atoms with Crippen molar-refractivity contribution in [2.24, 2.45) is 0 Å². The molecule has 0 fully saturated rings. The van der Waals surface area contributed by atoms with E-state index >= 15 is 0 Å². The topological polar surface area (TPSA) is 26.5 Å². The molecular weight excluding hydrogens is 216 g/mol. The summed E-state index contributed by atoms with van der Waals surface area (Å²) in [5, 5.41) is 0.481. The average molecular weight is 219 g/mol. The molecule has 0 aromatic carbocycles. The van der Waals surface area contributed by atoms with E-state index in [1.807, 2.05) is 0 Å². The lowest BCUT2D eigenvalue weighted by molar-refractivity contribution is 0.402. The van der Waals surface area contributed by atoms with Gasteiger partial charge in [-0.3, -0.25) is 0 Å². The average Bonchev–Trinajstić information content (AvgIpc) is 2.30. The Labute approximate surface area is 70.6 Å². The number of thiazole rings is 1. The van der Waals surface area contributed by atoms with Gasteiger partial charge in [0, 0.05) is 0 Å². The second-order valence-corrected chi connectivity index (χ2v) is 3.65. The number of ether oxygens (including phenoxy) is 1. The minimum absolute atomic E-state index is 0.395. The van der Waals surface area contributed by atoms with Crippen LogP contribution in [-0.2, 0) is 0 Å². The van der Waals surface area contributed by atoms with Crippen LogP contribution in [0.5, 0.6) is 5.88 Å². The van der Waals surface area contributed by atoms with Crippen molar-refractivity contribution in [3.05, 3.63) is 15.3 Å². The van der Waals surface area contributed by atoms with E-state index in [2.05, 4.69) is 25.8 Å². The van der Waals surface area contributed by atoms with E-state index in [0.717, 1.165) is 0 Å². The van der Waals surface area contributed by atoms with Crippen molar-refractivity contribution in [2.45, 2.75) is 0 Å². The first kappa shape index (κ1) is 7.51. The highest BCUT2D eigenvalue weighted by Crippen LogP contribution is 2.36. The van der Waals surface area contributed by atoms with Gasteiger partial charge >= 0.3 is 5.00 Å². The van der Waals surface area contributed by atoms with Crippen LogP contribution in [0.25, 0.3) is 4.85 Å². The number of halogens is 1. The van der Waals surface area contributed by atoms with Gasteiger partial charge in [-0.1, -0.05) is 0 Å². The van der Waals surface area contributed by atoms with E-state index in [1.54, 1.807) is 0 Å². The zero-order valence-electron chi connectivity index (χ0n) is 5.09. The number of nitrogens with zero attached hydrogens (tertiary/aromatic N) is 2. The molecule has 1 aromatic heterocycles. The van der Waals surface area contributed by atoms with E-state index in [1.165, 1.54) is 18.4 Å². The third-order valence-electron chi connectivity index (χ3n) is 0.848. The molecule has 52 valence electrons. The molecule has 0 atom stereocenters. The van der Waals surface area contributed by atoms with Gasteiger partial charge in [0.1, 0.15) is 0 Å². The van der Waals surface area contributed by atoms with E-state index < -0.39 is 0 Å². The summed E-state index contributed by atoms with van der Waals surface area (Å²) in [4.78, 5) is 7.11. The second-order valence-electron chi connectivity index (χ2n) is 1.39. The maximum Gasteiger partial charge on any atom is 0.303 e. The third kappa shape index (κ3) is 1.28. The van der Waals surface area contributed by atoms with Crippen molar-refractivity contribution >= 4 is 32.3 Å². The van der Waals surface area contributed by atoms with Crippen LogP contribution in [-0.4, -0.2) is 12.1 Å². The molecule has 10 heavy (non-hydrogen) atoms. The van der Waals surface area contributed by atoms with Crippen LogP contribution in [0.1, 0.15) is 0 Å². The molecule has 0 aliphatic rings. The zero-order chi connectivity index (χ0) is 7.56. The molecule has 5 heteroatoms. The predicted molar refractivity (Wildman–Crippen MR) is 42.6 cm³/mol.